The Labute approximate surface area is 138 Å². The van der Waals surface area contributed by atoms with Crippen molar-refractivity contribution in [3.63, 3.8) is 0 Å². The number of nitro benzene ring substituents is 1. The summed E-state index contributed by atoms with van der Waals surface area (Å²) in [6.45, 7) is 3.03. The van der Waals surface area contributed by atoms with Gasteiger partial charge in [-0.15, -0.1) is 0 Å². The van der Waals surface area contributed by atoms with E-state index in [0.29, 0.717) is 32.5 Å². The number of carbonyl (C=O) groups excluding carboxylic acids is 2. The Morgan fingerprint density at radius 2 is 2.08 bits per heavy atom. The summed E-state index contributed by atoms with van der Waals surface area (Å²) in [5, 5.41) is 14.8. The third kappa shape index (κ3) is 4.51. The molecule has 2 rings (SSSR count). The molecule has 1 fully saturated rings. The summed E-state index contributed by atoms with van der Waals surface area (Å²) in [5.41, 5.74) is 3.16. The molecule has 24 heavy (non-hydrogen) atoms. The largest absolute Gasteiger partial charge is 0.450 e. The maximum atomic E-state index is 12.0. The molecule has 1 heterocycles. The lowest BCUT2D eigenvalue weighted by molar-refractivity contribution is -0.384. The number of hydrazone groups is 1. The zero-order valence-electron chi connectivity index (χ0n) is 13.2. The molecule has 9 heteroatoms. The maximum Gasteiger partial charge on any atom is 0.409 e. The molecule has 1 saturated heterocycles. The van der Waals surface area contributed by atoms with Crippen LogP contribution < -0.4 is 5.43 Å². The fraction of sp³-hybridized carbons (Fsp3) is 0.400. The summed E-state index contributed by atoms with van der Waals surface area (Å²) in [5.74, 6) is -0.515. The number of nitrogens with one attached hydrogen (secondary N) is 1. The number of ether oxygens (including phenoxy) is 1. The van der Waals surface area contributed by atoms with Gasteiger partial charge in [0.1, 0.15) is 0 Å². The first-order chi connectivity index (χ1) is 11.5. The molecule has 1 aliphatic heterocycles. The number of benzene rings is 1. The average Bonchev–Trinajstić information content (AvgIpc) is 2.60. The van der Waals surface area contributed by atoms with Gasteiger partial charge in [-0.05, 0) is 13.0 Å². The standard InChI is InChI=1S/C15H18N4O5/c1-2-24-15(21)18-8-6-12(7-9-18)16-17-14(20)11-4-3-5-13(10-11)19(22)23/h3-5,10H,2,6-9H2,1H3,(H,17,20). The van der Waals surface area contributed by atoms with Gasteiger partial charge < -0.3 is 9.64 Å². The highest BCUT2D eigenvalue weighted by molar-refractivity contribution is 5.96. The molecule has 0 spiro atoms. The van der Waals surface area contributed by atoms with Crippen LogP contribution in [0.1, 0.15) is 30.1 Å². The monoisotopic (exact) mass is 334 g/mol. The Hall–Kier alpha value is -2.97. The van der Waals surface area contributed by atoms with Crippen LogP contribution in [0, 0.1) is 10.1 Å². The molecule has 1 aromatic carbocycles. The van der Waals surface area contributed by atoms with E-state index in [1.165, 1.54) is 24.3 Å². The lowest BCUT2D eigenvalue weighted by Gasteiger charge is -2.26. The lowest BCUT2D eigenvalue weighted by atomic mass is 10.1. The number of nitro groups is 1. The van der Waals surface area contributed by atoms with Crippen LogP contribution in [0.3, 0.4) is 0 Å². The van der Waals surface area contributed by atoms with Crippen molar-refractivity contribution in [2.24, 2.45) is 5.10 Å². The van der Waals surface area contributed by atoms with E-state index >= 15 is 0 Å². The Kier molecular flexibility index (Phi) is 5.83. The second kappa shape index (κ2) is 8.04. The first-order valence-electron chi connectivity index (χ1n) is 7.53. The topological polar surface area (TPSA) is 114 Å². The van der Waals surface area contributed by atoms with E-state index in [9.17, 15) is 19.7 Å². The van der Waals surface area contributed by atoms with Gasteiger partial charge >= 0.3 is 6.09 Å². The van der Waals surface area contributed by atoms with Gasteiger partial charge in [-0.1, -0.05) is 6.07 Å². The van der Waals surface area contributed by atoms with Crippen molar-refractivity contribution in [1.29, 1.82) is 0 Å². The quantitative estimate of drug-likeness (QED) is 0.667. The molecule has 0 bridgehead atoms. The minimum Gasteiger partial charge on any atom is -0.450 e. The van der Waals surface area contributed by atoms with E-state index in [4.69, 9.17) is 4.74 Å². The number of likely N-dealkylation sites (tertiary alicyclic amines) is 1. The van der Waals surface area contributed by atoms with E-state index in [1.54, 1.807) is 11.8 Å². The first-order valence-corrected chi connectivity index (χ1v) is 7.53. The number of hydrogen-bond acceptors (Lipinski definition) is 6. The average molecular weight is 334 g/mol. The number of nitrogens with zero attached hydrogens (tertiary/aromatic N) is 3. The van der Waals surface area contributed by atoms with Crippen LogP contribution in [0.2, 0.25) is 0 Å². The van der Waals surface area contributed by atoms with E-state index in [0.717, 1.165) is 5.71 Å². The molecule has 2 amide bonds. The second-order valence-electron chi connectivity index (χ2n) is 5.11. The highest BCUT2D eigenvalue weighted by Gasteiger charge is 2.21. The minimum absolute atomic E-state index is 0.155. The number of piperidine rings is 1. The molecule has 0 radical (unpaired) electrons. The summed E-state index contributed by atoms with van der Waals surface area (Å²) in [4.78, 5) is 35.3. The zero-order valence-corrected chi connectivity index (χ0v) is 13.2. The molecule has 0 aromatic heterocycles. The summed E-state index contributed by atoms with van der Waals surface area (Å²) in [6.07, 6.45) is 0.722. The van der Waals surface area contributed by atoms with Gasteiger partial charge in [0.05, 0.1) is 11.5 Å². The molecule has 0 atom stereocenters. The van der Waals surface area contributed by atoms with Crippen LogP contribution in [0.25, 0.3) is 0 Å². The molecule has 1 N–H and O–H groups in total. The van der Waals surface area contributed by atoms with Crippen molar-refractivity contribution in [3.05, 3.63) is 39.9 Å². The first kappa shape index (κ1) is 17.4. The van der Waals surface area contributed by atoms with Gasteiger partial charge in [0.2, 0.25) is 0 Å². The van der Waals surface area contributed by atoms with Crippen LogP contribution in [-0.4, -0.2) is 47.2 Å². The fourth-order valence-electron chi connectivity index (χ4n) is 2.23. The van der Waals surface area contributed by atoms with Crippen molar-refractivity contribution in [2.45, 2.75) is 19.8 Å². The van der Waals surface area contributed by atoms with Crippen molar-refractivity contribution in [1.82, 2.24) is 10.3 Å². The van der Waals surface area contributed by atoms with Crippen LogP contribution >= 0.6 is 0 Å². The molecule has 128 valence electrons. The second-order valence-corrected chi connectivity index (χ2v) is 5.11. The number of amides is 2. The van der Waals surface area contributed by atoms with Gasteiger partial charge in [0, 0.05) is 49.3 Å². The highest BCUT2D eigenvalue weighted by Crippen LogP contribution is 2.13. The lowest BCUT2D eigenvalue weighted by Crippen LogP contribution is -2.39. The van der Waals surface area contributed by atoms with Crippen molar-refractivity contribution in [3.8, 4) is 0 Å². The third-order valence-electron chi connectivity index (χ3n) is 3.50. The van der Waals surface area contributed by atoms with E-state index in [2.05, 4.69) is 10.5 Å². The van der Waals surface area contributed by atoms with Gasteiger partial charge in [0.25, 0.3) is 11.6 Å². The van der Waals surface area contributed by atoms with Crippen molar-refractivity contribution < 1.29 is 19.2 Å². The summed E-state index contributed by atoms with van der Waals surface area (Å²) in [7, 11) is 0. The summed E-state index contributed by atoms with van der Waals surface area (Å²) >= 11 is 0. The Balaban J connectivity index is 1.90. The van der Waals surface area contributed by atoms with Crippen LogP contribution in [0.15, 0.2) is 29.4 Å². The van der Waals surface area contributed by atoms with Gasteiger partial charge in [-0.25, -0.2) is 10.2 Å². The summed E-state index contributed by atoms with van der Waals surface area (Å²) in [6, 6.07) is 5.43. The van der Waals surface area contributed by atoms with Gasteiger partial charge in [-0.3, -0.25) is 14.9 Å². The minimum atomic E-state index is -0.562. The molecule has 1 aromatic rings. The predicted molar refractivity (Wildman–Crippen MR) is 85.8 cm³/mol. The van der Waals surface area contributed by atoms with Crippen molar-refractivity contribution in [2.75, 3.05) is 19.7 Å². The molecule has 0 unspecified atom stereocenters. The number of carbonyl (C=O) groups is 2. The molecule has 0 aliphatic carbocycles. The number of hydrogen-bond donors (Lipinski definition) is 1. The SMILES string of the molecule is CCOC(=O)N1CCC(=NNC(=O)c2cccc([N+](=O)[O-])c2)CC1. The van der Waals surface area contributed by atoms with Crippen molar-refractivity contribution >= 4 is 23.4 Å². The Bertz CT molecular complexity index is 664. The maximum absolute atomic E-state index is 12.0. The normalized spacial score (nSPS) is 14.0. The number of non-ortho nitro benzene ring substituents is 1. The van der Waals surface area contributed by atoms with Crippen LogP contribution in [-0.2, 0) is 4.74 Å². The molecule has 1 aliphatic rings. The zero-order chi connectivity index (χ0) is 17.5. The molecular weight excluding hydrogens is 316 g/mol. The molecule has 9 nitrogen and oxygen atoms in total. The van der Waals surface area contributed by atoms with E-state index in [1.807, 2.05) is 0 Å². The van der Waals surface area contributed by atoms with Crippen LogP contribution in [0.4, 0.5) is 10.5 Å². The smallest absolute Gasteiger partial charge is 0.409 e. The summed E-state index contributed by atoms with van der Waals surface area (Å²) < 4.78 is 4.93. The van der Waals surface area contributed by atoms with E-state index < -0.39 is 10.8 Å². The molecular formula is C15H18N4O5. The Morgan fingerprint density at radius 1 is 1.38 bits per heavy atom. The highest BCUT2D eigenvalue weighted by atomic mass is 16.6. The Morgan fingerprint density at radius 3 is 2.71 bits per heavy atom. The fourth-order valence-corrected chi connectivity index (χ4v) is 2.23. The van der Waals surface area contributed by atoms with E-state index in [-0.39, 0.29) is 17.3 Å². The predicted octanol–water partition coefficient (Wildman–Crippen LogP) is 1.93. The third-order valence-corrected chi connectivity index (χ3v) is 3.50. The van der Waals surface area contributed by atoms with Crippen LogP contribution in [0.5, 0.6) is 0 Å². The van der Waals surface area contributed by atoms with Gasteiger partial charge in [0.15, 0.2) is 0 Å². The van der Waals surface area contributed by atoms with Gasteiger partial charge in [-0.2, -0.15) is 5.10 Å². The molecule has 0 saturated carbocycles. The number of rotatable bonds is 4.